The van der Waals surface area contributed by atoms with E-state index >= 15 is 0 Å². The zero-order valence-electron chi connectivity index (χ0n) is 10.5. The maximum absolute atomic E-state index is 9.55. The van der Waals surface area contributed by atoms with Crippen LogP contribution in [0.2, 0.25) is 0 Å². The Morgan fingerprint density at radius 3 is 2.00 bits per heavy atom. The Morgan fingerprint density at radius 1 is 1.00 bits per heavy atom. The number of allylic oxidation sites excluding steroid dienone is 3. The second kappa shape index (κ2) is 11.0. The first-order chi connectivity index (χ1) is 9.56. The number of nitrogens with zero attached hydrogens (tertiary/aromatic N) is 1. The fourth-order valence-corrected chi connectivity index (χ4v) is 0.972. The second-order valence-corrected chi connectivity index (χ2v) is 3.27. The highest BCUT2D eigenvalue weighted by Crippen LogP contribution is 2.00. The highest BCUT2D eigenvalue weighted by molar-refractivity contribution is 5.89. The highest BCUT2D eigenvalue weighted by atomic mass is 16.4. The van der Waals surface area contributed by atoms with E-state index < -0.39 is 11.9 Å². The van der Waals surface area contributed by atoms with E-state index in [2.05, 4.69) is 0 Å². The first-order valence-electron chi connectivity index (χ1n) is 5.48. The van der Waals surface area contributed by atoms with E-state index in [0.29, 0.717) is 12.2 Å². The van der Waals surface area contributed by atoms with Crippen LogP contribution in [0.3, 0.4) is 0 Å². The van der Waals surface area contributed by atoms with Crippen LogP contribution in [0.25, 0.3) is 6.08 Å². The number of hydrogen-bond donors (Lipinski definition) is 2. The summed E-state index contributed by atoms with van der Waals surface area (Å²) in [6.45, 7) is 0. The van der Waals surface area contributed by atoms with Crippen molar-refractivity contribution in [2.24, 2.45) is 0 Å². The number of carboxylic acid groups (broad SMARTS) is 2. The van der Waals surface area contributed by atoms with Gasteiger partial charge in [0.05, 0.1) is 6.07 Å². The maximum atomic E-state index is 9.55. The number of benzene rings is 1. The molecular weight excluding hydrogens is 258 g/mol. The van der Waals surface area contributed by atoms with Crippen LogP contribution in [0.1, 0.15) is 5.56 Å². The van der Waals surface area contributed by atoms with E-state index in [1.165, 1.54) is 6.08 Å². The van der Waals surface area contributed by atoms with Gasteiger partial charge in [-0.25, -0.2) is 9.59 Å². The Kier molecular flexibility index (Phi) is 9.27. The summed E-state index contributed by atoms with van der Waals surface area (Å²) >= 11 is 0. The average Bonchev–Trinajstić information content (AvgIpc) is 2.43. The molecular formula is C15H13NO4. The van der Waals surface area contributed by atoms with Crippen molar-refractivity contribution >= 4 is 18.0 Å². The Balaban J connectivity index is 0.000000396. The lowest BCUT2D eigenvalue weighted by Gasteiger charge is -1.87. The fourth-order valence-electron chi connectivity index (χ4n) is 0.972. The van der Waals surface area contributed by atoms with Crippen LogP contribution in [0.4, 0.5) is 0 Å². The Bertz CT molecular complexity index is 535. The van der Waals surface area contributed by atoms with Gasteiger partial charge in [-0.1, -0.05) is 48.6 Å². The van der Waals surface area contributed by atoms with Crippen molar-refractivity contribution in [1.29, 1.82) is 5.26 Å². The van der Waals surface area contributed by atoms with Crippen molar-refractivity contribution in [3.8, 4) is 6.07 Å². The molecule has 1 aromatic rings. The van der Waals surface area contributed by atoms with Gasteiger partial charge in [-0.15, -0.1) is 0 Å². The second-order valence-electron chi connectivity index (χ2n) is 3.27. The monoisotopic (exact) mass is 271 g/mol. The van der Waals surface area contributed by atoms with Gasteiger partial charge in [0.2, 0.25) is 0 Å². The molecule has 0 aliphatic carbocycles. The van der Waals surface area contributed by atoms with E-state index in [9.17, 15) is 9.59 Å². The Morgan fingerprint density at radius 2 is 1.55 bits per heavy atom. The van der Waals surface area contributed by atoms with Crippen LogP contribution < -0.4 is 0 Å². The molecule has 0 spiro atoms. The third kappa shape index (κ3) is 11.4. The predicted molar refractivity (Wildman–Crippen MR) is 74.6 cm³/mol. The lowest BCUT2D eigenvalue weighted by atomic mass is 10.2. The minimum absolute atomic E-state index is 0.558. The van der Waals surface area contributed by atoms with Crippen LogP contribution in [-0.2, 0) is 9.59 Å². The summed E-state index contributed by atoms with van der Waals surface area (Å²) in [6, 6.07) is 11.9. The third-order valence-corrected chi connectivity index (χ3v) is 1.74. The minimum Gasteiger partial charge on any atom is -0.478 e. The molecule has 0 radical (unpaired) electrons. The zero-order chi connectivity index (χ0) is 15.2. The van der Waals surface area contributed by atoms with Gasteiger partial charge in [0.25, 0.3) is 0 Å². The van der Waals surface area contributed by atoms with Gasteiger partial charge in [-0.3, -0.25) is 0 Å². The van der Waals surface area contributed by atoms with Gasteiger partial charge in [0.15, 0.2) is 0 Å². The van der Waals surface area contributed by atoms with Gasteiger partial charge in [0.1, 0.15) is 0 Å². The molecule has 5 heteroatoms. The van der Waals surface area contributed by atoms with Crippen molar-refractivity contribution in [3.63, 3.8) is 0 Å². The third-order valence-electron chi connectivity index (χ3n) is 1.74. The molecule has 1 rings (SSSR count). The summed E-state index contributed by atoms with van der Waals surface area (Å²) in [7, 11) is 0. The van der Waals surface area contributed by atoms with E-state index in [4.69, 9.17) is 15.5 Å². The Labute approximate surface area is 116 Å². The van der Waals surface area contributed by atoms with Crippen LogP contribution in [0.5, 0.6) is 0 Å². The largest absolute Gasteiger partial charge is 0.478 e. The number of rotatable bonds is 4. The fraction of sp³-hybridized carbons (Fsp3) is 0. The number of aliphatic carboxylic acids is 2. The number of hydrogen-bond acceptors (Lipinski definition) is 3. The van der Waals surface area contributed by atoms with Crippen molar-refractivity contribution < 1.29 is 19.8 Å². The summed E-state index contributed by atoms with van der Waals surface area (Å²) in [5, 5.41) is 23.8. The summed E-state index contributed by atoms with van der Waals surface area (Å²) in [6.07, 6.45) is 8.07. The van der Waals surface area contributed by atoms with Gasteiger partial charge in [-0.05, 0) is 5.56 Å². The molecule has 0 aromatic heterocycles. The number of carbonyl (C=O) groups is 2. The van der Waals surface area contributed by atoms with E-state index in [1.807, 2.05) is 48.6 Å². The normalized spacial score (nSPS) is 10.2. The standard InChI is InChI=1S/C11H9N.C4H4O4/c12-10-6-2-5-9-11-7-3-1-4-8-11;5-3(6)1-2-4(7)8/h1-9H;1-2H,(H,5,6)(H,7,8). The lowest BCUT2D eigenvalue weighted by molar-refractivity contribution is -0.134. The first kappa shape index (κ1) is 16.9. The summed E-state index contributed by atoms with van der Waals surface area (Å²) in [5.41, 5.74) is 1.14. The molecule has 2 N–H and O–H groups in total. The van der Waals surface area contributed by atoms with Crippen LogP contribution in [-0.4, -0.2) is 22.2 Å². The Hall–Kier alpha value is -3.13. The molecule has 5 nitrogen and oxygen atoms in total. The summed E-state index contributed by atoms with van der Waals surface area (Å²) < 4.78 is 0. The molecule has 0 aliphatic rings. The average molecular weight is 271 g/mol. The van der Waals surface area contributed by atoms with Gasteiger partial charge < -0.3 is 10.2 Å². The SMILES string of the molecule is N#CC=CC=Cc1ccccc1.O=C(O)C=CC(=O)O. The van der Waals surface area contributed by atoms with Crippen molar-refractivity contribution in [2.75, 3.05) is 0 Å². The highest BCUT2D eigenvalue weighted by Gasteiger charge is 1.88. The van der Waals surface area contributed by atoms with Crippen LogP contribution in [0.15, 0.2) is 60.7 Å². The first-order valence-corrected chi connectivity index (χ1v) is 5.48. The smallest absolute Gasteiger partial charge is 0.328 e. The molecule has 0 saturated heterocycles. The molecule has 0 amide bonds. The van der Waals surface area contributed by atoms with Crippen molar-refractivity contribution in [3.05, 3.63) is 66.3 Å². The van der Waals surface area contributed by atoms with E-state index in [1.54, 1.807) is 6.08 Å². The van der Waals surface area contributed by atoms with E-state index in [-0.39, 0.29) is 0 Å². The molecule has 102 valence electrons. The summed E-state index contributed by atoms with van der Waals surface area (Å²) in [5.74, 6) is -2.51. The minimum atomic E-state index is -1.26. The number of nitriles is 1. The lowest BCUT2D eigenvalue weighted by Crippen LogP contribution is -1.91. The molecule has 0 aliphatic heterocycles. The van der Waals surface area contributed by atoms with Crippen LogP contribution >= 0.6 is 0 Å². The molecule has 0 saturated carbocycles. The maximum Gasteiger partial charge on any atom is 0.328 e. The molecule has 20 heavy (non-hydrogen) atoms. The van der Waals surface area contributed by atoms with Gasteiger partial charge in [-0.2, -0.15) is 5.26 Å². The van der Waals surface area contributed by atoms with Gasteiger partial charge in [0, 0.05) is 18.2 Å². The predicted octanol–water partition coefficient (Wildman–Crippen LogP) is 2.49. The summed E-state index contributed by atoms with van der Waals surface area (Å²) in [4.78, 5) is 19.1. The van der Waals surface area contributed by atoms with Crippen molar-refractivity contribution in [1.82, 2.24) is 0 Å². The van der Waals surface area contributed by atoms with Crippen molar-refractivity contribution in [2.45, 2.75) is 0 Å². The van der Waals surface area contributed by atoms with E-state index in [0.717, 1.165) is 5.56 Å². The quantitative estimate of drug-likeness (QED) is 0.498. The number of carboxylic acids is 2. The molecule has 0 atom stereocenters. The van der Waals surface area contributed by atoms with Gasteiger partial charge >= 0.3 is 11.9 Å². The molecule has 0 heterocycles. The molecule has 0 bridgehead atoms. The molecule has 0 unspecified atom stereocenters. The molecule has 0 fully saturated rings. The molecule has 1 aromatic carbocycles. The topological polar surface area (TPSA) is 98.4 Å². The zero-order valence-corrected chi connectivity index (χ0v) is 10.5. The van der Waals surface area contributed by atoms with Crippen LogP contribution in [0, 0.1) is 11.3 Å².